The van der Waals surface area contributed by atoms with Crippen LogP contribution in [0.5, 0.6) is 0 Å². The summed E-state index contributed by atoms with van der Waals surface area (Å²) in [7, 11) is 0. The number of thioether (sulfide) groups is 1. The molecule has 2 fully saturated rings. The lowest BCUT2D eigenvalue weighted by Gasteiger charge is -2.43. The van der Waals surface area contributed by atoms with Gasteiger partial charge in [0.15, 0.2) is 0 Å². The highest BCUT2D eigenvalue weighted by Gasteiger charge is 2.53. The van der Waals surface area contributed by atoms with Crippen LogP contribution >= 0.6 is 11.8 Å². The fraction of sp³-hybridized carbons (Fsp3) is 0.947. The molecule has 2 rings (SSSR count). The number of carbonyl (C=O) groups is 1. The Hall–Kier alpha value is -0.500. The topological polar surface area (TPSA) is 90.2 Å². The molecule has 0 aromatic carbocycles. The Kier molecular flexibility index (Phi) is 9.53. The lowest BCUT2D eigenvalue weighted by molar-refractivity contribution is -0.124. The highest BCUT2D eigenvalue weighted by atomic mass is 32.2. The fourth-order valence-corrected chi connectivity index (χ4v) is 5.11. The second kappa shape index (κ2) is 11.4. The van der Waals surface area contributed by atoms with Gasteiger partial charge in [-0.3, -0.25) is 4.90 Å². The van der Waals surface area contributed by atoms with Crippen molar-refractivity contribution >= 4 is 17.9 Å². The minimum absolute atomic E-state index is 0.0685. The first-order valence-corrected chi connectivity index (χ1v) is 11.2. The number of rotatable bonds is 12. The second-order valence-corrected chi connectivity index (χ2v) is 8.69. The highest BCUT2D eigenvalue weighted by Crippen LogP contribution is 2.35. The van der Waals surface area contributed by atoms with E-state index < -0.39 is 35.8 Å². The summed E-state index contributed by atoms with van der Waals surface area (Å²) in [5, 5.41) is 29.7. The van der Waals surface area contributed by atoms with Gasteiger partial charge in [0, 0.05) is 0 Å². The molecular formula is C19H35NO5S. The molecule has 7 heteroatoms. The summed E-state index contributed by atoms with van der Waals surface area (Å²) in [5.74, 6) is 0.817. The lowest BCUT2D eigenvalue weighted by Crippen LogP contribution is -2.64. The molecule has 0 aliphatic carbocycles. The maximum absolute atomic E-state index is 11.9. The van der Waals surface area contributed by atoms with Crippen LogP contribution in [-0.2, 0) is 4.74 Å². The summed E-state index contributed by atoms with van der Waals surface area (Å²) in [6, 6.07) is -0.564. The molecule has 5 atom stereocenters. The van der Waals surface area contributed by atoms with E-state index in [1.807, 2.05) is 0 Å². The zero-order valence-corrected chi connectivity index (χ0v) is 16.7. The van der Waals surface area contributed by atoms with Crippen LogP contribution in [0.4, 0.5) is 4.79 Å². The van der Waals surface area contributed by atoms with E-state index in [0.29, 0.717) is 0 Å². The van der Waals surface area contributed by atoms with Gasteiger partial charge in [-0.1, -0.05) is 64.7 Å². The van der Waals surface area contributed by atoms with Crippen molar-refractivity contribution in [3.63, 3.8) is 0 Å². The van der Waals surface area contributed by atoms with Gasteiger partial charge in [0.2, 0.25) is 0 Å². The van der Waals surface area contributed by atoms with E-state index in [1.165, 1.54) is 68.0 Å². The summed E-state index contributed by atoms with van der Waals surface area (Å²) in [6.45, 7) is 2.30. The van der Waals surface area contributed by atoms with Crippen LogP contribution in [0.2, 0.25) is 0 Å². The third-order valence-corrected chi connectivity index (χ3v) is 6.76. The van der Waals surface area contributed by atoms with Gasteiger partial charge in [-0.2, -0.15) is 0 Å². The van der Waals surface area contributed by atoms with Gasteiger partial charge in [0.1, 0.15) is 30.3 Å². The summed E-state index contributed by atoms with van der Waals surface area (Å²) >= 11 is 1.47. The van der Waals surface area contributed by atoms with Gasteiger partial charge in [0.25, 0.3) is 0 Å². The van der Waals surface area contributed by atoms with Crippen molar-refractivity contribution in [3.8, 4) is 0 Å². The van der Waals surface area contributed by atoms with Crippen LogP contribution < -0.4 is 0 Å². The number of hydrogen-bond acceptors (Lipinski definition) is 6. The molecule has 0 aromatic rings. The average Bonchev–Trinajstić information content (AvgIpc) is 3.02. The predicted molar refractivity (Wildman–Crippen MR) is 103 cm³/mol. The van der Waals surface area contributed by atoms with Crippen molar-refractivity contribution < 1.29 is 24.9 Å². The van der Waals surface area contributed by atoms with Crippen LogP contribution in [0.15, 0.2) is 0 Å². The molecular weight excluding hydrogens is 354 g/mol. The number of unbranched alkanes of at least 4 members (excludes halogenated alkanes) is 9. The Balaban J connectivity index is 1.60. The Morgan fingerprint density at radius 2 is 1.50 bits per heavy atom. The molecule has 6 nitrogen and oxygen atoms in total. The molecule has 2 aliphatic rings. The lowest BCUT2D eigenvalue weighted by atomic mass is 9.95. The Bertz CT molecular complexity index is 425. The number of carbonyl (C=O) groups excluding carboxylic acids is 1. The van der Waals surface area contributed by atoms with E-state index in [2.05, 4.69) is 6.92 Å². The molecule has 0 unspecified atom stereocenters. The SMILES string of the molecule is CCCCCCCCCCCCS[C@@H]1[C@@H](O)[C@@H](O)[C@H](O)[C@H]2COC(=O)N21. The molecule has 3 N–H and O–H groups in total. The zero-order chi connectivity index (χ0) is 18.9. The first-order valence-electron chi connectivity index (χ1n) is 10.2. The zero-order valence-electron chi connectivity index (χ0n) is 15.9. The second-order valence-electron chi connectivity index (χ2n) is 7.47. The van der Waals surface area contributed by atoms with Gasteiger partial charge in [-0.05, 0) is 12.2 Å². The molecule has 2 aliphatic heterocycles. The Morgan fingerprint density at radius 1 is 0.923 bits per heavy atom. The number of hydrogen-bond donors (Lipinski definition) is 3. The average molecular weight is 390 g/mol. The van der Waals surface area contributed by atoms with E-state index in [9.17, 15) is 20.1 Å². The van der Waals surface area contributed by atoms with Crippen LogP contribution in [-0.4, -0.2) is 68.4 Å². The number of ether oxygens (including phenoxy) is 1. The maximum atomic E-state index is 11.9. The number of piperidine rings is 1. The van der Waals surface area contributed by atoms with Crippen molar-refractivity contribution in [3.05, 3.63) is 0 Å². The van der Waals surface area contributed by atoms with Crippen LogP contribution in [0.25, 0.3) is 0 Å². The van der Waals surface area contributed by atoms with Crippen molar-refractivity contribution in [1.82, 2.24) is 4.90 Å². The molecule has 2 saturated heterocycles. The molecule has 0 aromatic heterocycles. The standard InChI is InChI=1S/C19H35NO5S/c1-2-3-4-5-6-7-8-9-10-11-12-26-18-17(23)16(22)15(21)14-13-25-19(24)20(14)18/h14-18,21-23H,2-13H2,1H3/t14-,15-,16+,17+,18-/m1/s1. The molecule has 0 bridgehead atoms. The molecule has 0 spiro atoms. The van der Waals surface area contributed by atoms with E-state index in [0.717, 1.165) is 18.6 Å². The molecule has 1 amide bonds. The van der Waals surface area contributed by atoms with E-state index in [1.54, 1.807) is 0 Å². The predicted octanol–water partition coefficient (Wildman–Crippen LogP) is 2.88. The van der Waals surface area contributed by atoms with E-state index in [-0.39, 0.29) is 6.61 Å². The van der Waals surface area contributed by atoms with E-state index in [4.69, 9.17) is 4.74 Å². The summed E-state index contributed by atoms with van der Waals surface area (Å²) in [6.07, 6.45) is 8.58. The number of cyclic esters (lactones) is 1. The van der Waals surface area contributed by atoms with Gasteiger partial charge in [-0.15, -0.1) is 11.8 Å². The van der Waals surface area contributed by atoms with Gasteiger partial charge in [0.05, 0.1) is 6.04 Å². The molecule has 26 heavy (non-hydrogen) atoms. The third kappa shape index (κ3) is 5.75. The monoisotopic (exact) mass is 389 g/mol. The fourth-order valence-electron chi connectivity index (χ4n) is 3.74. The summed E-state index contributed by atoms with van der Waals surface area (Å²) in [4.78, 5) is 13.3. The largest absolute Gasteiger partial charge is 0.447 e. The number of fused-ring (bicyclic) bond motifs is 1. The van der Waals surface area contributed by atoms with Crippen LogP contribution in [0.3, 0.4) is 0 Å². The first-order chi connectivity index (χ1) is 12.6. The number of amides is 1. The number of aliphatic hydroxyl groups is 3. The highest BCUT2D eigenvalue weighted by molar-refractivity contribution is 7.99. The van der Waals surface area contributed by atoms with Crippen molar-refractivity contribution in [2.75, 3.05) is 12.4 Å². The minimum atomic E-state index is -1.24. The maximum Gasteiger partial charge on any atom is 0.411 e. The molecule has 0 saturated carbocycles. The van der Waals surface area contributed by atoms with Crippen LogP contribution in [0, 0.1) is 0 Å². The smallest absolute Gasteiger partial charge is 0.411 e. The van der Waals surface area contributed by atoms with Crippen molar-refractivity contribution in [1.29, 1.82) is 0 Å². The molecule has 152 valence electrons. The van der Waals surface area contributed by atoms with Crippen molar-refractivity contribution in [2.24, 2.45) is 0 Å². The van der Waals surface area contributed by atoms with Gasteiger partial charge >= 0.3 is 6.09 Å². The molecule has 0 radical (unpaired) electrons. The van der Waals surface area contributed by atoms with Crippen LogP contribution in [0.1, 0.15) is 71.1 Å². The van der Waals surface area contributed by atoms with Gasteiger partial charge in [-0.25, -0.2) is 4.79 Å². The Morgan fingerprint density at radius 3 is 2.12 bits per heavy atom. The van der Waals surface area contributed by atoms with Crippen molar-refractivity contribution in [2.45, 2.75) is 101 Å². The number of nitrogens with zero attached hydrogens (tertiary/aromatic N) is 1. The van der Waals surface area contributed by atoms with Gasteiger partial charge < -0.3 is 20.1 Å². The minimum Gasteiger partial charge on any atom is -0.447 e. The summed E-state index contributed by atoms with van der Waals surface area (Å²) in [5.41, 5.74) is 0. The third-order valence-electron chi connectivity index (χ3n) is 5.39. The Labute approximate surface area is 161 Å². The van der Waals surface area contributed by atoms with E-state index >= 15 is 0 Å². The first kappa shape index (κ1) is 21.8. The molecule has 2 heterocycles. The normalized spacial score (nSPS) is 31.2. The quantitative estimate of drug-likeness (QED) is 0.445. The summed E-state index contributed by atoms with van der Waals surface area (Å²) < 4.78 is 5.00. The number of aliphatic hydroxyl groups excluding tert-OH is 3.